The molecule has 2 amide bonds. The first-order chi connectivity index (χ1) is 14.7. The number of rotatable bonds is 6. The Balaban J connectivity index is 1.80. The Kier molecular flexibility index (Phi) is 7.06. The molecule has 1 aliphatic rings. The predicted octanol–water partition coefficient (Wildman–Crippen LogP) is 5.79. The molecule has 1 heterocycles. The van der Waals surface area contributed by atoms with E-state index in [2.05, 4.69) is 19.2 Å². The fourth-order valence-electron chi connectivity index (χ4n) is 3.29. The van der Waals surface area contributed by atoms with E-state index in [4.69, 9.17) is 16.3 Å². The molecule has 0 spiro atoms. The van der Waals surface area contributed by atoms with Crippen LogP contribution in [0.4, 0.5) is 11.4 Å². The summed E-state index contributed by atoms with van der Waals surface area (Å²) in [5.74, 6) is 0.843. The van der Waals surface area contributed by atoms with E-state index in [1.54, 1.807) is 24.3 Å². The minimum Gasteiger partial charge on any atom is -0.490 e. The van der Waals surface area contributed by atoms with Gasteiger partial charge in [0.1, 0.15) is 12.4 Å². The van der Waals surface area contributed by atoms with Gasteiger partial charge in [-0.2, -0.15) is 0 Å². The average Bonchev–Trinajstić information content (AvgIpc) is 2.81. The summed E-state index contributed by atoms with van der Waals surface area (Å²) >= 11 is 6.12. The Labute approximate surface area is 189 Å². The van der Waals surface area contributed by atoms with Gasteiger partial charge in [-0.1, -0.05) is 43.6 Å². The van der Waals surface area contributed by atoms with Gasteiger partial charge in [-0.3, -0.25) is 9.59 Å². The molecule has 1 N–H and O–H groups in total. The van der Waals surface area contributed by atoms with E-state index in [1.165, 1.54) is 6.08 Å². The van der Waals surface area contributed by atoms with Crippen molar-refractivity contribution in [1.29, 1.82) is 0 Å². The molecule has 164 valence electrons. The number of nitrogens with one attached hydrogen (secondary N) is 1. The third-order valence-electron chi connectivity index (χ3n) is 5.18. The molecule has 0 radical (unpaired) electrons. The summed E-state index contributed by atoms with van der Waals surface area (Å²) in [7, 11) is 0. The molecule has 5 nitrogen and oxygen atoms in total. The van der Waals surface area contributed by atoms with Gasteiger partial charge in [0, 0.05) is 29.4 Å². The summed E-state index contributed by atoms with van der Waals surface area (Å²) in [6.07, 6.45) is 4.01. The molecular weight excluding hydrogens is 412 g/mol. The fourth-order valence-corrected chi connectivity index (χ4v) is 3.49. The normalized spacial score (nSPS) is 15.5. The van der Waals surface area contributed by atoms with Crippen molar-refractivity contribution in [3.8, 4) is 5.75 Å². The molecule has 0 fully saturated rings. The molecule has 31 heavy (non-hydrogen) atoms. The second-order valence-corrected chi connectivity index (χ2v) is 9.25. The number of carbonyl (C=O) groups is 2. The number of hydrogen-bond acceptors (Lipinski definition) is 3. The number of anilines is 2. The standard InChI is InChI=1S/C25H29ClN2O3/c1-17(2)13-14-28-21-11-10-19(15-22(21)31-16-25(3,4)24(28)30)27-23(29)12-9-18-7-5-6-8-20(18)26/h5-12,15,17H,13-14,16H2,1-4H3,(H,27,29)/b12-9+. The SMILES string of the molecule is CC(C)CCN1C(=O)C(C)(C)COc2cc(NC(=O)/C=C/c3ccccc3Cl)ccc21. The first-order valence-electron chi connectivity index (χ1n) is 10.5. The zero-order valence-electron chi connectivity index (χ0n) is 18.4. The molecule has 0 aliphatic carbocycles. The van der Waals surface area contributed by atoms with Gasteiger partial charge >= 0.3 is 0 Å². The average molecular weight is 441 g/mol. The van der Waals surface area contributed by atoms with Crippen LogP contribution in [0, 0.1) is 11.3 Å². The lowest BCUT2D eigenvalue weighted by molar-refractivity contribution is -0.127. The van der Waals surface area contributed by atoms with Crippen molar-refractivity contribution in [2.75, 3.05) is 23.4 Å². The van der Waals surface area contributed by atoms with Crippen molar-refractivity contribution in [3.05, 3.63) is 59.1 Å². The van der Waals surface area contributed by atoms with Crippen molar-refractivity contribution in [3.63, 3.8) is 0 Å². The first-order valence-corrected chi connectivity index (χ1v) is 10.9. The summed E-state index contributed by atoms with van der Waals surface area (Å²) in [5, 5.41) is 3.43. The van der Waals surface area contributed by atoms with Gasteiger partial charge < -0.3 is 15.0 Å². The topological polar surface area (TPSA) is 58.6 Å². The Morgan fingerprint density at radius 1 is 1.26 bits per heavy atom. The van der Waals surface area contributed by atoms with Crippen LogP contribution in [-0.2, 0) is 9.59 Å². The second kappa shape index (κ2) is 9.56. The fraction of sp³-hybridized carbons (Fsp3) is 0.360. The van der Waals surface area contributed by atoms with Crippen molar-refractivity contribution in [1.82, 2.24) is 0 Å². The number of hydrogen-bond donors (Lipinski definition) is 1. The highest BCUT2D eigenvalue weighted by Gasteiger charge is 2.37. The number of carbonyl (C=O) groups excluding carboxylic acids is 2. The molecule has 0 atom stereocenters. The Morgan fingerprint density at radius 3 is 2.71 bits per heavy atom. The third-order valence-corrected chi connectivity index (χ3v) is 5.52. The molecular formula is C25H29ClN2O3. The zero-order chi connectivity index (χ0) is 22.6. The molecule has 0 saturated heterocycles. The molecule has 0 bridgehead atoms. The number of fused-ring (bicyclic) bond motifs is 1. The van der Waals surface area contributed by atoms with Crippen LogP contribution in [0.5, 0.6) is 5.75 Å². The minimum atomic E-state index is -0.628. The summed E-state index contributed by atoms with van der Waals surface area (Å²) in [5.41, 5.74) is 1.48. The molecule has 1 aliphatic heterocycles. The Bertz CT molecular complexity index is 998. The van der Waals surface area contributed by atoms with Crippen molar-refractivity contribution >= 4 is 40.9 Å². The number of halogens is 1. The summed E-state index contributed by atoms with van der Waals surface area (Å²) < 4.78 is 5.99. The maximum atomic E-state index is 13.1. The molecule has 2 aromatic rings. The maximum absolute atomic E-state index is 13.1. The smallest absolute Gasteiger partial charge is 0.248 e. The van der Waals surface area contributed by atoms with Crippen LogP contribution < -0.4 is 15.0 Å². The highest BCUT2D eigenvalue weighted by atomic mass is 35.5. The lowest BCUT2D eigenvalue weighted by Crippen LogP contribution is -2.42. The molecule has 0 aromatic heterocycles. The van der Waals surface area contributed by atoms with E-state index < -0.39 is 5.41 Å². The summed E-state index contributed by atoms with van der Waals surface area (Å²) in [6, 6.07) is 12.7. The van der Waals surface area contributed by atoms with E-state index in [9.17, 15) is 9.59 Å². The van der Waals surface area contributed by atoms with Crippen molar-refractivity contribution in [2.24, 2.45) is 11.3 Å². The molecule has 3 rings (SSSR count). The number of ether oxygens (including phenoxy) is 1. The van der Waals surface area contributed by atoms with Gasteiger partial charge in [0.05, 0.1) is 11.1 Å². The highest BCUT2D eigenvalue weighted by Crippen LogP contribution is 2.38. The Hall–Kier alpha value is -2.79. The van der Waals surface area contributed by atoms with Gasteiger partial charge in [0.25, 0.3) is 0 Å². The van der Waals surface area contributed by atoms with Crippen LogP contribution in [0.1, 0.15) is 39.7 Å². The van der Waals surface area contributed by atoms with Gasteiger partial charge in [-0.25, -0.2) is 0 Å². The van der Waals surface area contributed by atoms with Crippen LogP contribution >= 0.6 is 11.6 Å². The third kappa shape index (κ3) is 5.67. The summed E-state index contributed by atoms with van der Waals surface area (Å²) in [4.78, 5) is 27.3. The number of benzene rings is 2. The van der Waals surface area contributed by atoms with Crippen LogP contribution in [0.25, 0.3) is 6.08 Å². The molecule has 0 unspecified atom stereocenters. The van der Waals surface area contributed by atoms with Crippen LogP contribution in [0.2, 0.25) is 5.02 Å². The highest BCUT2D eigenvalue weighted by molar-refractivity contribution is 6.32. The van der Waals surface area contributed by atoms with Crippen molar-refractivity contribution < 1.29 is 14.3 Å². The van der Waals surface area contributed by atoms with Crippen molar-refractivity contribution in [2.45, 2.75) is 34.1 Å². The maximum Gasteiger partial charge on any atom is 0.248 e. The van der Waals surface area contributed by atoms with Gasteiger partial charge in [-0.15, -0.1) is 0 Å². The van der Waals surface area contributed by atoms with Gasteiger partial charge in [-0.05, 0) is 56.0 Å². The largest absolute Gasteiger partial charge is 0.490 e. The molecule has 2 aromatic carbocycles. The minimum absolute atomic E-state index is 0.0476. The van der Waals surface area contributed by atoms with E-state index in [0.29, 0.717) is 28.9 Å². The molecule has 0 saturated carbocycles. The quantitative estimate of drug-likeness (QED) is 0.578. The first kappa shape index (κ1) is 22.9. The van der Waals surface area contributed by atoms with Crippen LogP contribution in [0.15, 0.2) is 48.5 Å². The van der Waals surface area contributed by atoms with E-state index >= 15 is 0 Å². The monoisotopic (exact) mass is 440 g/mol. The van der Waals surface area contributed by atoms with E-state index in [1.807, 2.05) is 43.0 Å². The molecule has 6 heteroatoms. The second-order valence-electron chi connectivity index (χ2n) is 8.84. The Morgan fingerprint density at radius 2 is 2.00 bits per heavy atom. The van der Waals surface area contributed by atoms with E-state index in [0.717, 1.165) is 17.7 Å². The van der Waals surface area contributed by atoms with E-state index in [-0.39, 0.29) is 18.4 Å². The van der Waals surface area contributed by atoms with Crippen LogP contribution in [-0.4, -0.2) is 25.0 Å². The number of nitrogens with zero attached hydrogens (tertiary/aromatic N) is 1. The zero-order valence-corrected chi connectivity index (χ0v) is 19.2. The lowest BCUT2D eigenvalue weighted by atomic mass is 9.92. The predicted molar refractivity (Wildman–Crippen MR) is 127 cm³/mol. The lowest BCUT2D eigenvalue weighted by Gasteiger charge is -2.28. The van der Waals surface area contributed by atoms with Gasteiger partial charge in [0.2, 0.25) is 11.8 Å². The van der Waals surface area contributed by atoms with Gasteiger partial charge in [0.15, 0.2) is 0 Å². The summed E-state index contributed by atoms with van der Waals surface area (Å²) in [6.45, 7) is 8.97. The number of amides is 2. The van der Waals surface area contributed by atoms with Crippen LogP contribution in [0.3, 0.4) is 0 Å².